The summed E-state index contributed by atoms with van der Waals surface area (Å²) in [6, 6.07) is 11.4. The number of carbonyl (C=O) groups excluding carboxylic acids is 2. The molecule has 2 aromatic carbocycles. The van der Waals surface area contributed by atoms with Crippen LogP contribution in [0.2, 0.25) is 0 Å². The molecule has 0 unspecified atom stereocenters. The SMILES string of the molecule is O=C(CNC(=O)c1cccc([N+](=O)[O-])c1)NCCOc1ccc2c(c1)CCC2. The Balaban J connectivity index is 1.37. The second-order valence-corrected chi connectivity index (χ2v) is 6.47. The number of benzene rings is 2. The van der Waals surface area contributed by atoms with Crippen LogP contribution in [0.3, 0.4) is 0 Å². The highest BCUT2D eigenvalue weighted by molar-refractivity contribution is 5.96. The van der Waals surface area contributed by atoms with Gasteiger partial charge in [0, 0.05) is 17.7 Å². The van der Waals surface area contributed by atoms with E-state index >= 15 is 0 Å². The molecule has 0 saturated heterocycles. The Kier molecular flexibility index (Phi) is 6.21. The Labute approximate surface area is 162 Å². The van der Waals surface area contributed by atoms with Gasteiger partial charge in [-0.15, -0.1) is 0 Å². The van der Waals surface area contributed by atoms with Crippen LogP contribution in [0.4, 0.5) is 5.69 Å². The van der Waals surface area contributed by atoms with E-state index in [0.717, 1.165) is 24.7 Å². The lowest BCUT2D eigenvalue weighted by atomic mass is 10.1. The van der Waals surface area contributed by atoms with Gasteiger partial charge in [-0.3, -0.25) is 19.7 Å². The van der Waals surface area contributed by atoms with E-state index in [0.29, 0.717) is 13.2 Å². The zero-order valence-electron chi connectivity index (χ0n) is 15.3. The Morgan fingerprint density at radius 2 is 1.89 bits per heavy atom. The summed E-state index contributed by atoms with van der Waals surface area (Å²) >= 11 is 0. The van der Waals surface area contributed by atoms with Crippen LogP contribution in [0.15, 0.2) is 42.5 Å². The molecular weight excluding hydrogens is 362 g/mol. The molecule has 0 aliphatic heterocycles. The molecule has 2 amide bonds. The first-order valence-electron chi connectivity index (χ1n) is 9.07. The Hall–Kier alpha value is -3.42. The first kappa shape index (κ1) is 19.3. The second-order valence-electron chi connectivity index (χ2n) is 6.47. The van der Waals surface area contributed by atoms with Crippen molar-refractivity contribution < 1.29 is 19.2 Å². The van der Waals surface area contributed by atoms with Crippen molar-refractivity contribution in [3.8, 4) is 5.75 Å². The minimum Gasteiger partial charge on any atom is -0.492 e. The fourth-order valence-corrected chi connectivity index (χ4v) is 3.08. The summed E-state index contributed by atoms with van der Waals surface area (Å²) in [6.45, 7) is 0.409. The van der Waals surface area contributed by atoms with Crippen molar-refractivity contribution in [1.29, 1.82) is 0 Å². The van der Waals surface area contributed by atoms with E-state index in [2.05, 4.69) is 16.7 Å². The number of aryl methyl sites for hydroxylation is 2. The summed E-state index contributed by atoms with van der Waals surface area (Å²) in [6.07, 6.45) is 3.37. The molecule has 1 aliphatic rings. The van der Waals surface area contributed by atoms with Gasteiger partial charge in [-0.2, -0.15) is 0 Å². The largest absolute Gasteiger partial charge is 0.492 e. The van der Waals surface area contributed by atoms with E-state index in [1.165, 1.54) is 35.7 Å². The number of nitro benzene ring substituents is 1. The van der Waals surface area contributed by atoms with Gasteiger partial charge in [-0.05, 0) is 48.6 Å². The zero-order chi connectivity index (χ0) is 19.9. The number of hydrogen-bond acceptors (Lipinski definition) is 5. The zero-order valence-corrected chi connectivity index (χ0v) is 15.3. The number of nitro groups is 1. The molecule has 2 aromatic rings. The molecule has 3 rings (SSSR count). The fourth-order valence-electron chi connectivity index (χ4n) is 3.08. The first-order valence-corrected chi connectivity index (χ1v) is 9.07. The lowest BCUT2D eigenvalue weighted by molar-refractivity contribution is -0.384. The third kappa shape index (κ3) is 5.06. The third-order valence-corrected chi connectivity index (χ3v) is 4.49. The van der Waals surface area contributed by atoms with Crippen molar-refractivity contribution in [2.45, 2.75) is 19.3 Å². The van der Waals surface area contributed by atoms with Crippen molar-refractivity contribution >= 4 is 17.5 Å². The lowest BCUT2D eigenvalue weighted by Gasteiger charge is -2.10. The standard InChI is InChI=1S/C20H21N3O5/c24-19(13-22-20(25)16-5-2-6-17(11-16)23(26)27)21-9-10-28-18-8-7-14-3-1-4-15(14)12-18/h2,5-8,11-12H,1,3-4,9-10,13H2,(H,21,24)(H,22,25). The minimum absolute atomic E-state index is 0.127. The predicted octanol–water partition coefficient (Wildman–Crippen LogP) is 2.01. The van der Waals surface area contributed by atoms with Crippen molar-refractivity contribution in [3.05, 3.63) is 69.3 Å². The lowest BCUT2D eigenvalue weighted by Crippen LogP contribution is -2.38. The smallest absolute Gasteiger partial charge is 0.270 e. The number of fused-ring (bicyclic) bond motifs is 1. The molecular formula is C20H21N3O5. The highest BCUT2D eigenvalue weighted by Crippen LogP contribution is 2.25. The Morgan fingerprint density at radius 1 is 1.07 bits per heavy atom. The van der Waals surface area contributed by atoms with Crippen molar-refractivity contribution in [1.82, 2.24) is 10.6 Å². The summed E-state index contributed by atoms with van der Waals surface area (Å²) in [5, 5.41) is 15.8. The average Bonchev–Trinajstić information content (AvgIpc) is 3.17. The van der Waals surface area contributed by atoms with Gasteiger partial charge in [0.1, 0.15) is 12.4 Å². The van der Waals surface area contributed by atoms with Gasteiger partial charge >= 0.3 is 0 Å². The third-order valence-electron chi connectivity index (χ3n) is 4.49. The van der Waals surface area contributed by atoms with Crippen LogP contribution in [0, 0.1) is 10.1 Å². The van der Waals surface area contributed by atoms with Crippen LogP contribution in [0.25, 0.3) is 0 Å². The van der Waals surface area contributed by atoms with Crippen LogP contribution in [-0.4, -0.2) is 36.4 Å². The van der Waals surface area contributed by atoms with Gasteiger partial charge in [-0.25, -0.2) is 0 Å². The maximum atomic E-state index is 12.0. The predicted molar refractivity (Wildman–Crippen MR) is 102 cm³/mol. The molecule has 0 atom stereocenters. The molecule has 0 saturated carbocycles. The molecule has 8 nitrogen and oxygen atoms in total. The molecule has 0 radical (unpaired) electrons. The molecule has 0 spiro atoms. The molecule has 0 fully saturated rings. The number of hydrogen-bond donors (Lipinski definition) is 2. The van der Waals surface area contributed by atoms with Crippen LogP contribution < -0.4 is 15.4 Å². The number of ether oxygens (including phenoxy) is 1. The van der Waals surface area contributed by atoms with Gasteiger partial charge in [0.15, 0.2) is 0 Å². The number of nitrogens with one attached hydrogen (secondary N) is 2. The molecule has 2 N–H and O–H groups in total. The molecule has 0 bridgehead atoms. The summed E-state index contributed by atoms with van der Waals surface area (Å²) in [7, 11) is 0. The van der Waals surface area contributed by atoms with E-state index in [-0.39, 0.29) is 23.7 Å². The minimum atomic E-state index is -0.579. The number of rotatable bonds is 8. The molecule has 28 heavy (non-hydrogen) atoms. The highest BCUT2D eigenvalue weighted by Gasteiger charge is 2.13. The maximum Gasteiger partial charge on any atom is 0.270 e. The second kappa shape index (κ2) is 8.98. The van der Waals surface area contributed by atoms with E-state index < -0.39 is 10.8 Å². The summed E-state index contributed by atoms with van der Waals surface area (Å²) in [5.74, 6) is -0.126. The molecule has 8 heteroatoms. The number of non-ortho nitro benzene ring substituents is 1. The van der Waals surface area contributed by atoms with Crippen LogP contribution in [0.5, 0.6) is 5.75 Å². The number of amides is 2. The quantitative estimate of drug-likeness (QED) is 0.412. The fraction of sp³-hybridized carbons (Fsp3) is 0.300. The molecule has 0 aromatic heterocycles. The van der Waals surface area contributed by atoms with Crippen LogP contribution in [0.1, 0.15) is 27.9 Å². The highest BCUT2D eigenvalue weighted by atomic mass is 16.6. The summed E-state index contributed by atoms with van der Waals surface area (Å²) in [4.78, 5) is 34.0. The summed E-state index contributed by atoms with van der Waals surface area (Å²) < 4.78 is 5.65. The number of carbonyl (C=O) groups is 2. The Morgan fingerprint density at radius 3 is 2.71 bits per heavy atom. The Bertz CT molecular complexity index is 897. The van der Waals surface area contributed by atoms with E-state index in [1.54, 1.807) is 0 Å². The number of nitrogens with zero attached hydrogens (tertiary/aromatic N) is 1. The monoisotopic (exact) mass is 383 g/mol. The van der Waals surface area contributed by atoms with Gasteiger partial charge in [-0.1, -0.05) is 12.1 Å². The molecule has 0 heterocycles. The van der Waals surface area contributed by atoms with Gasteiger partial charge < -0.3 is 15.4 Å². The van der Waals surface area contributed by atoms with E-state index in [1.807, 2.05) is 12.1 Å². The van der Waals surface area contributed by atoms with Crippen molar-refractivity contribution in [2.75, 3.05) is 19.7 Å². The van der Waals surface area contributed by atoms with Crippen LogP contribution >= 0.6 is 0 Å². The van der Waals surface area contributed by atoms with Crippen LogP contribution in [-0.2, 0) is 17.6 Å². The van der Waals surface area contributed by atoms with Crippen molar-refractivity contribution in [3.63, 3.8) is 0 Å². The van der Waals surface area contributed by atoms with E-state index in [4.69, 9.17) is 4.74 Å². The maximum absolute atomic E-state index is 12.0. The normalized spacial score (nSPS) is 12.1. The van der Waals surface area contributed by atoms with E-state index in [9.17, 15) is 19.7 Å². The molecule has 1 aliphatic carbocycles. The topological polar surface area (TPSA) is 111 Å². The first-order chi connectivity index (χ1) is 13.5. The van der Waals surface area contributed by atoms with Crippen molar-refractivity contribution in [2.24, 2.45) is 0 Å². The molecule has 146 valence electrons. The van der Waals surface area contributed by atoms with Gasteiger partial charge in [0.05, 0.1) is 18.0 Å². The average molecular weight is 383 g/mol. The summed E-state index contributed by atoms with van der Waals surface area (Å²) in [5.41, 5.74) is 2.65. The van der Waals surface area contributed by atoms with Gasteiger partial charge in [0.25, 0.3) is 11.6 Å². The van der Waals surface area contributed by atoms with Gasteiger partial charge in [0.2, 0.25) is 5.91 Å².